The highest BCUT2D eigenvalue weighted by molar-refractivity contribution is 6.30. The topological polar surface area (TPSA) is 0 Å². The summed E-state index contributed by atoms with van der Waals surface area (Å²) in [5.74, 6) is 3.35. The Bertz CT molecular complexity index is 534. The van der Waals surface area contributed by atoms with E-state index >= 15 is 0 Å². The summed E-state index contributed by atoms with van der Waals surface area (Å²) < 4.78 is 12.2. The number of benzene rings is 1. The monoisotopic (exact) mass is 376 g/mol. The summed E-state index contributed by atoms with van der Waals surface area (Å²) in [4.78, 5) is 0. The van der Waals surface area contributed by atoms with Gasteiger partial charge in [0.05, 0.1) is 6.67 Å². The molecule has 0 heterocycles. The fourth-order valence-corrected chi connectivity index (χ4v) is 5.14. The van der Waals surface area contributed by atoms with Crippen molar-refractivity contribution < 1.29 is 4.39 Å². The van der Waals surface area contributed by atoms with Gasteiger partial charge in [-0.05, 0) is 99.2 Å². The van der Waals surface area contributed by atoms with Crippen LogP contribution < -0.4 is 0 Å². The standard InChI is InChI=1S/C24H34ClF/c25-24-16-14-23(15-17-24)22-12-10-21(11-13-22)9-8-20-6-4-19(5-7-20)3-1-2-18-26/h1,3,14-17,19-22H,2,4-13,18H2/t19-,20-,21-,22-. The van der Waals surface area contributed by atoms with Crippen molar-refractivity contribution >= 4 is 11.6 Å². The summed E-state index contributed by atoms with van der Waals surface area (Å²) in [6.07, 6.45) is 18.6. The molecule has 0 radical (unpaired) electrons. The van der Waals surface area contributed by atoms with Crippen LogP contribution in [0.5, 0.6) is 0 Å². The number of rotatable bonds is 7. The summed E-state index contributed by atoms with van der Waals surface area (Å²) in [5, 5.41) is 0.843. The van der Waals surface area contributed by atoms with E-state index in [4.69, 9.17) is 11.6 Å². The van der Waals surface area contributed by atoms with Gasteiger partial charge in [0.2, 0.25) is 0 Å². The SMILES string of the molecule is FCCC=C[C@H]1CC[C@H](CC[C@H]2CC[C@H](c3ccc(Cl)cc3)CC2)CC1. The third-order valence-electron chi connectivity index (χ3n) is 6.75. The van der Waals surface area contributed by atoms with Crippen LogP contribution in [0.15, 0.2) is 36.4 Å². The molecule has 2 aliphatic rings. The molecule has 0 spiro atoms. The number of hydrogen-bond donors (Lipinski definition) is 0. The van der Waals surface area contributed by atoms with E-state index in [2.05, 4.69) is 18.2 Å². The first-order valence-electron chi connectivity index (χ1n) is 10.7. The van der Waals surface area contributed by atoms with Gasteiger partial charge in [-0.25, -0.2) is 0 Å². The molecule has 0 aromatic heterocycles. The smallest absolute Gasteiger partial charge is 0.0928 e. The first-order chi connectivity index (χ1) is 12.7. The lowest BCUT2D eigenvalue weighted by atomic mass is 9.74. The third kappa shape index (κ3) is 6.12. The second-order valence-electron chi connectivity index (χ2n) is 8.53. The molecule has 0 saturated heterocycles. The lowest BCUT2D eigenvalue weighted by molar-refractivity contribution is 0.246. The van der Waals surface area contributed by atoms with Crippen LogP contribution in [0.1, 0.15) is 82.1 Å². The highest BCUT2D eigenvalue weighted by Crippen LogP contribution is 2.40. The zero-order valence-electron chi connectivity index (χ0n) is 16.0. The summed E-state index contributed by atoms with van der Waals surface area (Å²) in [5.41, 5.74) is 1.48. The van der Waals surface area contributed by atoms with Crippen molar-refractivity contribution in [3.63, 3.8) is 0 Å². The molecule has 2 heteroatoms. The van der Waals surface area contributed by atoms with Crippen LogP contribution in [-0.4, -0.2) is 6.67 Å². The van der Waals surface area contributed by atoms with Crippen LogP contribution in [-0.2, 0) is 0 Å². The van der Waals surface area contributed by atoms with E-state index in [0.717, 1.165) is 22.8 Å². The van der Waals surface area contributed by atoms with Crippen molar-refractivity contribution in [3.8, 4) is 0 Å². The Morgan fingerprint density at radius 1 is 0.846 bits per heavy atom. The van der Waals surface area contributed by atoms with Crippen molar-refractivity contribution in [1.29, 1.82) is 0 Å². The van der Waals surface area contributed by atoms with Crippen LogP contribution >= 0.6 is 11.6 Å². The maximum atomic E-state index is 12.2. The van der Waals surface area contributed by atoms with E-state index in [-0.39, 0.29) is 6.67 Å². The predicted octanol–water partition coefficient (Wildman–Crippen LogP) is 8.12. The summed E-state index contributed by atoms with van der Waals surface area (Å²) in [7, 11) is 0. The number of hydrogen-bond acceptors (Lipinski definition) is 0. The van der Waals surface area contributed by atoms with Gasteiger partial charge in [0.15, 0.2) is 0 Å². The van der Waals surface area contributed by atoms with E-state index in [1.165, 1.54) is 69.8 Å². The minimum atomic E-state index is -0.216. The summed E-state index contributed by atoms with van der Waals surface area (Å²) >= 11 is 6.01. The second-order valence-corrected chi connectivity index (χ2v) is 8.97. The minimum absolute atomic E-state index is 0.216. The largest absolute Gasteiger partial charge is 0.251 e. The average Bonchev–Trinajstić information content (AvgIpc) is 2.69. The van der Waals surface area contributed by atoms with Crippen LogP contribution in [0.25, 0.3) is 0 Å². The molecule has 0 amide bonds. The number of alkyl halides is 1. The van der Waals surface area contributed by atoms with Crippen LogP contribution in [0.2, 0.25) is 5.02 Å². The molecule has 0 unspecified atom stereocenters. The summed E-state index contributed by atoms with van der Waals surface area (Å²) in [6, 6.07) is 8.50. The molecular weight excluding hydrogens is 343 g/mol. The Morgan fingerprint density at radius 3 is 2.00 bits per heavy atom. The van der Waals surface area contributed by atoms with Gasteiger partial charge < -0.3 is 0 Å². The quantitative estimate of drug-likeness (QED) is 0.421. The van der Waals surface area contributed by atoms with E-state index in [1.54, 1.807) is 0 Å². The minimum Gasteiger partial charge on any atom is -0.251 e. The number of halogens is 2. The highest BCUT2D eigenvalue weighted by Gasteiger charge is 2.24. The van der Waals surface area contributed by atoms with Gasteiger partial charge in [0.1, 0.15) is 0 Å². The zero-order valence-corrected chi connectivity index (χ0v) is 16.8. The molecule has 0 N–H and O–H groups in total. The molecule has 1 aromatic carbocycles. The van der Waals surface area contributed by atoms with Crippen molar-refractivity contribution in [2.45, 2.75) is 76.5 Å². The van der Waals surface area contributed by atoms with Crippen LogP contribution in [0, 0.1) is 17.8 Å². The maximum Gasteiger partial charge on any atom is 0.0928 e. The molecule has 144 valence electrons. The van der Waals surface area contributed by atoms with Crippen molar-refractivity contribution in [3.05, 3.63) is 47.0 Å². The Labute approximate surface area is 164 Å². The molecule has 0 aliphatic heterocycles. The zero-order chi connectivity index (χ0) is 18.2. The Morgan fingerprint density at radius 2 is 1.42 bits per heavy atom. The van der Waals surface area contributed by atoms with Crippen molar-refractivity contribution in [1.82, 2.24) is 0 Å². The third-order valence-corrected chi connectivity index (χ3v) is 7.00. The fraction of sp³-hybridized carbons (Fsp3) is 0.667. The van der Waals surface area contributed by atoms with Gasteiger partial charge in [0, 0.05) is 5.02 Å². The number of allylic oxidation sites excluding steroid dienone is 2. The van der Waals surface area contributed by atoms with Crippen LogP contribution in [0.4, 0.5) is 4.39 Å². The first-order valence-corrected chi connectivity index (χ1v) is 11.1. The normalized spacial score (nSPS) is 29.9. The molecule has 3 rings (SSSR count). The average molecular weight is 377 g/mol. The molecule has 2 aliphatic carbocycles. The van der Waals surface area contributed by atoms with E-state index in [1.807, 2.05) is 18.2 Å². The highest BCUT2D eigenvalue weighted by atomic mass is 35.5. The molecule has 0 atom stereocenters. The maximum absolute atomic E-state index is 12.2. The van der Waals surface area contributed by atoms with Gasteiger partial charge in [-0.2, -0.15) is 0 Å². The van der Waals surface area contributed by atoms with Crippen molar-refractivity contribution in [2.24, 2.45) is 17.8 Å². The van der Waals surface area contributed by atoms with Crippen molar-refractivity contribution in [2.75, 3.05) is 6.67 Å². The predicted molar refractivity (Wildman–Crippen MR) is 111 cm³/mol. The molecule has 26 heavy (non-hydrogen) atoms. The lowest BCUT2D eigenvalue weighted by Crippen LogP contribution is -2.17. The van der Waals surface area contributed by atoms with E-state index in [9.17, 15) is 4.39 Å². The summed E-state index contributed by atoms with van der Waals surface area (Å²) in [6.45, 7) is -0.216. The Balaban J connectivity index is 1.32. The Kier molecular flexibility index (Phi) is 8.05. The van der Waals surface area contributed by atoms with Gasteiger partial charge in [-0.3, -0.25) is 4.39 Å². The molecular formula is C24H34ClF. The molecule has 2 fully saturated rings. The molecule has 0 bridgehead atoms. The van der Waals surface area contributed by atoms with Gasteiger partial charge in [-0.15, -0.1) is 0 Å². The van der Waals surface area contributed by atoms with E-state index < -0.39 is 0 Å². The van der Waals surface area contributed by atoms with Crippen LogP contribution in [0.3, 0.4) is 0 Å². The fourth-order valence-electron chi connectivity index (χ4n) is 5.01. The Hall–Kier alpha value is -0.820. The molecule has 0 nitrogen and oxygen atoms in total. The second kappa shape index (κ2) is 10.5. The lowest BCUT2D eigenvalue weighted by Gasteiger charge is -2.31. The van der Waals surface area contributed by atoms with Gasteiger partial charge >= 0.3 is 0 Å². The van der Waals surface area contributed by atoms with Gasteiger partial charge in [0.25, 0.3) is 0 Å². The van der Waals surface area contributed by atoms with E-state index in [0.29, 0.717) is 12.3 Å². The molecule has 2 saturated carbocycles. The van der Waals surface area contributed by atoms with Gasteiger partial charge in [-0.1, -0.05) is 48.7 Å². The molecule has 1 aromatic rings. The first kappa shape index (κ1) is 19.9.